The SMILES string of the molecule is CC1CCCCC1OCCNC(=O)N1CCOC(CN(C)CC(=O)O)C1. The van der Waals surface area contributed by atoms with Crippen LogP contribution in [0.1, 0.15) is 32.6 Å². The number of carbonyl (C=O) groups is 2. The molecule has 1 aliphatic heterocycles. The molecule has 2 N–H and O–H groups in total. The summed E-state index contributed by atoms with van der Waals surface area (Å²) in [7, 11) is 1.74. The van der Waals surface area contributed by atoms with Crippen molar-refractivity contribution in [3.8, 4) is 0 Å². The number of hydrogen-bond acceptors (Lipinski definition) is 5. The number of amides is 2. The Morgan fingerprint density at radius 1 is 1.35 bits per heavy atom. The van der Waals surface area contributed by atoms with Crippen LogP contribution >= 0.6 is 0 Å². The number of nitrogens with zero attached hydrogens (tertiary/aromatic N) is 2. The molecule has 0 spiro atoms. The van der Waals surface area contributed by atoms with Gasteiger partial charge in [-0.15, -0.1) is 0 Å². The van der Waals surface area contributed by atoms with Gasteiger partial charge in [0.25, 0.3) is 0 Å². The second-order valence-corrected chi connectivity index (χ2v) is 7.43. The average molecular weight is 371 g/mol. The molecule has 0 radical (unpaired) electrons. The van der Waals surface area contributed by atoms with E-state index in [9.17, 15) is 9.59 Å². The van der Waals surface area contributed by atoms with Gasteiger partial charge in [-0.25, -0.2) is 4.79 Å². The van der Waals surface area contributed by atoms with E-state index in [1.54, 1.807) is 16.8 Å². The molecule has 1 heterocycles. The van der Waals surface area contributed by atoms with Crippen molar-refractivity contribution in [3.05, 3.63) is 0 Å². The monoisotopic (exact) mass is 371 g/mol. The zero-order chi connectivity index (χ0) is 18.9. The first-order valence-electron chi connectivity index (χ1n) is 9.62. The molecule has 2 aliphatic rings. The van der Waals surface area contributed by atoms with Crippen molar-refractivity contribution in [1.29, 1.82) is 0 Å². The minimum Gasteiger partial charge on any atom is -0.480 e. The number of morpholine rings is 1. The van der Waals surface area contributed by atoms with E-state index in [0.29, 0.717) is 51.4 Å². The fourth-order valence-corrected chi connectivity index (χ4v) is 3.67. The van der Waals surface area contributed by atoms with Crippen molar-refractivity contribution in [2.75, 3.05) is 53.0 Å². The van der Waals surface area contributed by atoms with E-state index in [1.807, 2.05) is 0 Å². The number of hydrogen-bond donors (Lipinski definition) is 2. The van der Waals surface area contributed by atoms with Crippen LogP contribution in [0.2, 0.25) is 0 Å². The molecule has 0 aromatic rings. The van der Waals surface area contributed by atoms with E-state index in [-0.39, 0.29) is 18.7 Å². The Labute approximate surface area is 155 Å². The molecule has 26 heavy (non-hydrogen) atoms. The quantitative estimate of drug-likeness (QED) is 0.619. The van der Waals surface area contributed by atoms with E-state index in [0.717, 1.165) is 6.42 Å². The fraction of sp³-hybridized carbons (Fsp3) is 0.889. The predicted octanol–water partition coefficient (Wildman–Crippen LogP) is 1.01. The van der Waals surface area contributed by atoms with Crippen LogP contribution in [0.3, 0.4) is 0 Å². The summed E-state index contributed by atoms with van der Waals surface area (Å²) in [6, 6.07) is -0.112. The molecule has 0 aromatic heterocycles. The molecule has 1 saturated carbocycles. The molecule has 2 fully saturated rings. The summed E-state index contributed by atoms with van der Waals surface area (Å²) < 4.78 is 11.6. The molecule has 3 atom stereocenters. The van der Waals surface area contributed by atoms with Crippen molar-refractivity contribution in [2.45, 2.75) is 44.8 Å². The Morgan fingerprint density at radius 3 is 2.85 bits per heavy atom. The van der Waals surface area contributed by atoms with Gasteiger partial charge in [-0.3, -0.25) is 9.69 Å². The molecule has 0 aromatic carbocycles. The molecule has 150 valence electrons. The van der Waals surface area contributed by atoms with Gasteiger partial charge in [0.2, 0.25) is 0 Å². The lowest BCUT2D eigenvalue weighted by Gasteiger charge is -2.34. The van der Waals surface area contributed by atoms with E-state index in [4.69, 9.17) is 14.6 Å². The van der Waals surface area contributed by atoms with Crippen LogP contribution in [0.25, 0.3) is 0 Å². The standard InChI is InChI=1S/C18H33N3O5/c1-14-5-3-4-6-16(14)26-9-7-19-18(24)21-8-10-25-15(12-21)11-20(2)13-17(22)23/h14-16H,3-13H2,1-2H3,(H,19,24)(H,22,23). The number of carboxylic acid groups (broad SMARTS) is 1. The molecule has 0 bridgehead atoms. The summed E-state index contributed by atoms with van der Waals surface area (Å²) in [5, 5.41) is 11.7. The van der Waals surface area contributed by atoms with Crippen LogP contribution < -0.4 is 5.32 Å². The van der Waals surface area contributed by atoms with E-state index in [2.05, 4.69) is 12.2 Å². The zero-order valence-corrected chi connectivity index (χ0v) is 16.0. The minimum atomic E-state index is -0.870. The topological polar surface area (TPSA) is 91.3 Å². The van der Waals surface area contributed by atoms with Gasteiger partial charge in [-0.2, -0.15) is 0 Å². The highest BCUT2D eigenvalue weighted by Gasteiger charge is 2.26. The van der Waals surface area contributed by atoms with Crippen molar-refractivity contribution in [1.82, 2.24) is 15.1 Å². The second kappa shape index (κ2) is 10.7. The third kappa shape index (κ3) is 7.09. The Balaban J connectivity index is 1.64. The van der Waals surface area contributed by atoms with Crippen molar-refractivity contribution < 1.29 is 24.2 Å². The van der Waals surface area contributed by atoms with Gasteiger partial charge < -0.3 is 24.8 Å². The molecule has 2 amide bonds. The fourth-order valence-electron chi connectivity index (χ4n) is 3.67. The molecule has 1 saturated heterocycles. The number of carboxylic acids is 1. The lowest BCUT2D eigenvalue weighted by atomic mass is 9.88. The Bertz CT molecular complexity index is 462. The number of carbonyl (C=O) groups excluding carboxylic acids is 1. The van der Waals surface area contributed by atoms with Gasteiger partial charge in [-0.05, 0) is 25.8 Å². The van der Waals surface area contributed by atoms with Crippen LogP contribution in [-0.4, -0.2) is 92.1 Å². The lowest BCUT2D eigenvalue weighted by Crippen LogP contribution is -2.52. The molecule has 8 heteroatoms. The molecular weight excluding hydrogens is 338 g/mol. The molecule has 3 unspecified atom stereocenters. The van der Waals surface area contributed by atoms with Crippen LogP contribution in [0, 0.1) is 5.92 Å². The third-order valence-electron chi connectivity index (χ3n) is 5.09. The van der Waals surface area contributed by atoms with Gasteiger partial charge >= 0.3 is 12.0 Å². The Morgan fingerprint density at radius 2 is 2.12 bits per heavy atom. The van der Waals surface area contributed by atoms with Crippen LogP contribution in [-0.2, 0) is 14.3 Å². The van der Waals surface area contributed by atoms with Crippen molar-refractivity contribution in [3.63, 3.8) is 0 Å². The summed E-state index contributed by atoms with van der Waals surface area (Å²) in [6.45, 7) is 5.20. The van der Waals surface area contributed by atoms with Crippen molar-refractivity contribution >= 4 is 12.0 Å². The number of likely N-dealkylation sites (N-methyl/N-ethyl adjacent to an activating group) is 1. The van der Waals surface area contributed by atoms with Crippen LogP contribution in [0.5, 0.6) is 0 Å². The molecular formula is C18H33N3O5. The minimum absolute atomic E-state index is 0.0387. The molecule has 1 aliphatic carbocycles. The second-order valence-electron chi connectivity index (χ2n) is 7.43. The number of rotatable bonds is 8. The first-order valence-corrected chi connectivity index (χ1v) is 9.62. The lowest BCUT2D eigenvalue weighted by molar-refractivity contribution is -0.138. The maximum absolute atomic E-state index is 12.3. The largest absolute Gasteiger partial charge is 0.480 e. The predicted molar refractivity (Wildman–Crippen MR) is 97.2 cm³/mol. The summed E-state index contributed by atoms with van der Waals surface area (Å²) in [5.41, 5.74) is 0. The van der Waals surface area contributed by atoms with Gasteiger partial charge in [-0.1, -0.05) is 19.8 Å². The maximum Gasteiger partial charge on any atom is 0.317 e. The van der Waals surface area contributed by atoms with Gasteiger partial charge in [0, 0.05) is 26.2 Å². The third-order valence-corrected chi connectivity index (χ3v) is 5.09. The Kier molecular flexibility index (Phi) is 8.61. The normalized spacial score (nSPS) is 26.7. The summed E-state index contributed by atoms with van der Waals surface area (Å²) in [4.78, 5) is 26.5. The first kappa shape index (κ1) is 20.9. The maximum atomic E-state index is 12.3. The van der Waals surface area contributed by atoms with E-state index < -0.39 is 5.97 Å². The number of nitrogens with one attached hydrogen (secondary N) is 1. The average Bonchev–Trinajstić information content (AvgIpc) is 2.59. The smallest absolute Gasteiger partial charge is 0.317 e. The van der Waals surface area contributed by atoms with Gasteiger partial charge in [0.15, 0.2) is 0 Å². The summed E-state index contributed by atoms with van der Waals surface area (Å²) in [5.74, 6) is -0.271. The van der Waals surface area contributed by atoms with E-state index in [1.165, 1.54) is 19.3 Å². The highest BCUT2D eigenvalue weighted by molar-refractivity contribution is 5.74. The number of aliphatic carboxylic acids is 1. The molecule has 8 nitrogen and oxygen atoms in total. The van der Waals surface area contributed by atoms with Crippen LogP contribution in [0.4, 0.5) is 4.79 Å². The van der Waals surface area contributed by atoms with Gasteiger partial charge in [0.1, 0.15) is 0 Å². The first-order chi connectivity index (χ1) is 12.5. The highest BCUT2D eigenvalue weighted by atomic mass is 16.5. The van der Waals surface area contributed by atoms with Crippen LogP contribution in [0.15, 0.2) is 0 Å². The molecule has 2 rings (SSSR count). The Hall–Kier alpha value is -1.38. The summed E-state index contributed by atoms with van der Waals surface area (Å²) >= 11 is 0. The highest BCUT2D eigenvalue weighted by Crippen LogP contribution is 2.25. The summed E-state index contributed by atoms with van der Waals surface area (Å²) in [6.07, 6.45) is 5.01. The zero-order valence-electron chi connectivity index (χ0n) is 16.0. The number of ether oxygens (including phenoxy) is 2. The van der Waals surface area contributed by atoms with Gasteiger partial charge in [0.05, 0.1) is 32.0 Å². The number of urea groups is 1. The van der Waals surface area contributed by atoms with Crippen molar-refractivity contribution in [2.24, 2.45) is 5.92 Å². The van der Waals surface area contributed by atoms with E-state index >= 15 is 0 Å².